The number of aldehydes is 1. The first-order valence-corrected chi connectivity index (χ1v) is 3.49. The molecule has 0 amide bonds. The van der Waals surface area contributed by atoms with Gasteiger partial charge in [0.05, 0.1) is 0 Å². The second kappa shape index (κ2) is 5.59. The third-order valence-corrected chi connectivity index (χ3v) is 1.43. The fraction of sp³-hybridized carbons (Fsp3) is 0.333. The van der Waals surface area contributed by atoms with Crippen LogP contribution in [-0.4, -0.2) is 12.5 Å². The molecule has 0 aliphatic carbocycles. The highest BCUT2D eigenvalue weighted by atomic mass is 16.1. The number of carbonyl (C=O) groups is 1. The van der Waals surface area contributed by atoms with Crippen molar-refractivity contribution in [2.24, 2.45) is 10.9 Å². The van der Waals surface area contributed by atoms with Crippen molar-refractivity contribution in [3.63, 3.8) is 0 Å². The first-order chi connectivity index (χ1) is 5.22. The summed E-state index contributed by atoms with van der Waals surface area (Å²) in [4.78, 5) is 13.9. The maximum absolute atomic E-state index is 10.1. The molecule has 0 saturated carbocycles. The molecule has 0 aliphatic heterocycles. The number of hydrogen-bond donors (Lipinski definition) is 0. The Hall–Kier alpha value is -1.18. The van der Waals surface area contributed by atoms with Crippen LogP contribution in [0.2, 0.25) is 0 Å². The van der Waals surface area contributed by atoms with Gasteiger partial charge in [-0.1, -0.05) is 20.1 Å². The summed E-state index contributed by atoms with van der Waals surface area (Å²) >= 11 is 0. The van der Waals surface area contributed by atoms with Crippen LogP contribution in [0, 0.1) is 5.92 Å². The SMILES string of the molecule is C=CN=CC(=C)C(C)CC=O. The van der Waals surface area contributed by atoms with Gasteiger partial charge in [-0.25, -0.2) is 0 Å². The van der Waals surface area contributed by atoms with E-state index in [9.17, 15) is 4.79 Å². The number of allylic oxidation sites excluding steroid dienone is 1. The molecule has 1 atom stereocenters. The normalized spacial score (nSPS) is 12.8. The van der Waals surface area contributed by atoms with E-state index in [2.05, 4.69) is 18.2 Å². The summed E-state index contributed by atoms with van der Waals surface area (Å²) in [5.41, 5.74) is 0.858. The van der Waals surface area contributed by atoms with Gasteiger partial charge >= 0.3 is 0 Å². The van der Waals surface area contributed by atoms with E-state index in [1.54, 1.807) is 6.21 Å². The standard InChI is InChI=1S/C9H13NO/c1-4-10-7-9(3)8(2)5-6-11/h4,6-8H,1,3,5H2,2H3. The van der Waals surface area contributed by atoms with Gasteiger partial charge in [-0.15, -0.1) is 0 Å². The molecule has 0 rings (SSSR count). The zero-order valence-electron chi connectivity index (χ0n) is 6.79. The molecule has 2 heteroatoms. The lowest BCUT2D eigenvalue weighted by Gasteiger charge is -2.04. The molecule has 0 aromatic rings. The molecule has 0 saturated heterocycles. The van der Waals surface area contributed by atoms with Gasteiger partial charge in [-0.2, -0.15) is 0 Å². The molecule has 0 heterocycles. The molecule has 0 fully saturated rings. The van der Waals surface area contributed by atoms with Gasteiger partial charge in [0, 0.05) is 18.8 Å². The predicted octanol–water partition coefficient (Wildman–Crippen LogP) is 1.98. The van der Waals surface area contributed by atoms with Crippen molar-refractivity contribution in [3.8, 4) is 0 Å². The van der Waals surface area contributed by atoms with Gasteiger partial charge < -0.3 is 4.79 Å². The average Bonchev–Trinajstić information content (AvgIpc) is 2.00. The summed E-state index contributed by atoms with van der Waals surface area (Å²) in [5, 5.41) is 0. The van der Waals surface area contributed by atoms with E-state index in [-0.39, 0.29) is 5.92 Å². The second-order valence-corrected chi connectivity index (χ2v) is 2.34. The molecule has 0 N–H and O–H groups in total. The lowest BCUT2D eigenvalue weighted by molar-refractivity contribution is -0.108. The third kappa shape index (κ3) is 4.25. The van der Waals surface area contributed by atoms with Crippen LogP contribution in [0.25, 0.3) is 0 Å². The molecule has 11 heavy (non-hydrogen) atoms. The monoisotopic (exact) mass is 151 g/mol. The quantitative estimate of drug-likeness (QED) is 0.436. The summed E-state index contributed by atoms with van der Waals surface area (Å²) < 4.78 is 0. The highest BCUT2D eigenvalue weighted by Crippen LogP contribution is 2.08. The number of rotatable bonds is 5. The first-order valence-electron chi connectivity index (χ1n) is 3.49. The molecule has 60 valence electrons. The Labute approximate surface area is 67.3 Å². The van der Waals surface area contributed by atoms with Gasteiger partial charge in [0.25, 0.3) is 0 Å². The Morgan fingerprint density at radius 2 is 2.36 bits per heavy atom. The molecule has 0 aliphatic rings. The number of aliphatic imine (C=N–C) groups is 1. The zero-order valence-corrected chi connectivity index (χ0v) is 6.79. The van der Waals surface area contributed by atoms with E-state index < -0.39 is 0 Å². The Morgan fingerprint density at radius 3 is 2.82 bits per heavy atom. The fourth-order valence-corrected chi connectivity index (χ4v) is 0.571. The number of carbonyl (C=O) groups excluding carboxylic acids is 1. The molecule has 0 aromatic heterocycles. The van der Waals surface area contributed by atoms with E-state index in [1.807, 2.05) is 6.92 Å². The van der Waals surface area contributed by atoms with Crippen molar-refractivity contribution in [1.82, 2.24) is 0 Å². The molecule has 0 radical (unpaired) electrons. The Kier molecular flexibility index (Phi) is 4.99. The summed E-state index contributed by atoms with van der Waals surface area (Å²) in [7, 11) is 0. The van der Waals surface area contributed by atoms with Crippen molar-refractivity contribution in [1.29, 1.82) is 0 Å². The van der Waals surface area contributed by atoms with Gasteiger partial charge in [0.1, 0.15) is 6.29 Å². The molecular formula is C9H13NO. The van der Waals surface area contributed by atoms with E-state index >= 15 is 0 Å². The summed E-state index contributed by atoms with van der Waals surface area (Å²) in [6, 6.07) is 0. The van der Waals surface area contributed by atoms with Crippen LogP contribution >= 0.6 is 0 Å². The van der Waals surface area contributed by atoms with Gasteiger partial charge in [0.2, 0.25) is 0 Å². The van der Waals surface area contributed by atoms with Gasteiger partial charge in [0.15, 0.2) is 0 Å². The van der Waals surface area contributed by atoms with Crippen molar-refractivity contribution in [3.05, 3.63) is 24.9 Å². The van der Waals surface area contributed by atoms with E-state index in [0.29, 0.717) is 6.42 Å². The summed E-state index contributed by atoms with van der Waals surface area (Å²) in [6.45, 7) is 9.12. The van der Waals surface area contributed by atoms with Gasteiger partial charge in [-0.3, -0.25) is 4.99 Å². The van der Waals surface area contributed by atoms with Crippen molar-refractivity contribution in [2.75, 3.05) is 0 Å². The number of nitrogens with zero attached hydrogens (tertiary/aromatic N) is 1. The largest absolute Gasteiger partial charge is 0.303 e. The molecular weight excluding hydrogens is 138 g/mol. The van der Waals surface area contributed by atoms with E-state index in [4.69, 9.17) is 0 Å². The third-order valence-electron chi connectivity index (χ3n) is 1.43. The topological polar surface area (TPSA) is 29.4 Å². The minimum atomic E-state index is 0.177. The van der Waals surface area contributed by atoms with Crippen molar-refractivity contribution >= 4 is 12.5 Å². The zero-order chi connectivity index (χ0) is 8.69. The van der Waals surface area contributed by atoms with Crippen molar-refractivity contribution < 1.29 is 4.79 Å². The van der Waals surface area contributed by atoms with Crippen LogP contribution in [0.4, 0.5) is 0 Å². The van der Waals surface area contributed by atoms with Crippen LogP contribution < -0.4 is 0 Å². The lowest BCUT2D eigenvalue weighted by atomic mass is 10.0. The minimum absolute atomic E-state index is 0.177. The van der Waals surface area contributed by atoms with E-state index in [0.717, 1.165) is 11.9 Å². The van der Waals surface area contributed by atoms with Crippen LogP contribution in [0.15, 0.2) is 29.9 Å². The van der Waals surface area contributed by atoms with Crippen LogP contribution in [0.3, 0.4) is 0 Å². The molecule has 0 bridgehead atoms. The smallest absolute Gasteiger partial charge is 0.120 e. The second-order valence-electron chi connectivity index (χ2n) is 2.34. The van der Waals surface area contributed by atoms with Crippen LogP contribution in [-0.2, 0) is 4.79 Å². The molecule has 0 aromatic carbocycles. The maximum atomic E-state index is 10.1. The molecule has 2 nitrogen and oxygen atoms in total. The summed E-state index contributed by atoms with van der Waals surface area (Å²) in [6.07, 6.45) is 4.46. The average molecular weight is 151 g/mol. The maximum Gasteiger partial charge on any atom is 0.120 e. The molecule has 0 spiro atoms. The lowest BCUT2D eigenvalue weighted by Crippen LogP contribution is -1.99. The molecule has 1 unspecified atom stereocenters. The van der Waals surface area contributed by atoms with Crippen molar-refractivity contribution in [2.45, 2.75) is 13.3 Å². The van der Waals surface area contributed by atoms with Crippen LogP contribution in [0.1, 0.15) is 13.3 Å². The van der Waals surface area contributed by atoms with Crippen LogP contribution in [0.5, 0.6) is 0 Å². The highest BCUT2D eigenvalue weighted by Gasteiger charge is 2.01. The van der Waals surface area contributed by atoms with E-state index in [1.165, 1.54) is 6.20 Å². The fourth-order valence-electron chi connectivity index (χ4n) is 0.571. The Balaban J connectivity index is 3.91. The van der Waals surface area contributed by atoms with Gasteiger partial charge in [-0.05, 0) is 11.5 Å². The Morgan fingerprint density at radius 1 is 1.73 bits per heavy atom. The minimum Gasteiger partial charge on any atom is -0.303 e. The number of hydrogen-bond acceptors (Lipinski definition) is 2. The Bertz CT molecular complexity index is 182. The predicted molar refractivity (Wildman–Crippen MR) is 47.7 cm³/mol. The first kappa shape index (κ1) is 9.82. The highest BCUT2D eigenvalue weighted by molar-refractivity contribution is 5.79. The summed E-state index contributed by atoms with van der Waals surface area (Å²) in [5.74, 6) is 0.177.